The number of H-pyrrole nitrogens is 1. The highest BCUT2D eigenvalue weighted by Crippen LogP contribution is 2.21. The summed E-state index contributed by atoms with van der Waals surface area (Å²) in [4.78, 5) is 21.2. The lowest BCUT2D eigenvalue weighted by Gasteiger charge is -2.37. The Morgan fingerprint density at radius 1 is 1.32 bits per heavy atom. The number of aryl methyl sites for hydroxylation is 2. The Balaban J connectivity index is 1.48. The summed E-state index contributed by atoms with van der Waals surface area (Å²) in [6.45, 7) is 10.1. The van der Waals surface area contributed by atoms with Crippen LogP contribution in [0.5, 0.6) is 0 Å². The highest BCUT2D eigenvalue weighted by Gasteiger charge is 2.23. The third-order valence-corrected chi connectivity index (χ3v) is 4.88. The Morgan fingerprint density at radius 3 is 2.68 bits per heavy atom. The van der Waals surface area contributed by atoms with E-state index in [1.54, 1.807) is 6.20 Å². The van der Waals surface area contributed by atoms with Gasteiger partial charge < -0.3 is 5.32 Å². The van der Waals surface area contributed by atoms with Crippen molar-refractivity contribution in [2.75, 3.05) is 38.0 Å². The van der Waals surface area contributed by atoms with Gasteiger partial charge in [0.15, 0.2) is 0 Å². The fourth-order valence-corrected chi connectivity index (χ4v) is 3.26. The van der Waals surface area contributed by atoms with E-state index in [9.17, 15) is 4.79 Å². The molecule has 7 heteroatoms. The van der Waals surface area contributed by atoms with E-state index in [0.717, 1.165) is 43.3 Å². The van der Waals surface area contributed by atoms with Crippen molar-refractivity contribution in [1.29, 1.82) is 0 Å². The zero-order valence-corrected chi connectivity index (χ0v) is 15.1. The summed E-state index contributed by atoms with van der Waals surface area (Å²) in [5.41, 5.74) is 3.75. The molecule has 3 rings (SSSR count). The van der Waals surface area contributed by atoms with Gasteiger partial charge in [0.25, 0.3) is 0 Å². The summed E-state index contributed by atoms with van der Waals surface area (Å²) >= 11 is 0. The van der Waals surface area contributed by atoms with Crippen molar-refractivity contribution in [2.24, 2.45) is 0 Å². The molecule has 0 spiro atoms. The molecular formula is C18H26N6O. The van der Waals surface area contributed by atoms with Gasteiger partial charge in [0.1, 0.15) is 0 Å². The van der Waals surface area contributed by atoms with Crippen LogP contribution in [-0.2, 0) is 4.79 Å². The van der Waals surface area contributed by atoms with E-state index in [1.807, 2.05) is 26.1 Å². The number of carbonyl (C=O) groups excluding carboxylic acids is 1. The fraction of sp³-hybridized carbons (Fsp3) is 0.500. The van der Waals surface area contributed by atoms with Crippen LogP contribution in [0, 0.1) is 13.8 Å². The maximum Gasteiger partial charge on any atom is 0.238 e. The molecule has 0 unspecified atom stereocenters. The molecule has 25 heavy (non-hydrogen) atoms. The standard InChI is InChI=1S/C18H26N6O/c1-13-18(14(2)22-21-13)20-17(25)12-23-7-9-24(10-8-23)15(3)16-5-4-6-19-11-16/h4-6,11,15H,7-10,12H2,1-3H3,(H,20,25)(H,21,22)/t15-/m0/s1. The predicted molar refractivity (Wildman–Crippen MR) is 97.4 cm³/mol. The summed E-state index contributed by atoms with van der Waals surface area (Å²) in [6.07, 6.45) is 3.73. The molecule has 7 nitrogen and oxygen atoms in total. The number of nitrogens with zero attached hydrogens (tertiary/aromatic N) is 4. The molecule has 1 amide bonds. The number of piperazine rings is 1. The maximum atomic E-state index is 12.3. The molecule has 0 bridgehead atoms. The first kappa shape index (κ1) is 17.6. The number of anilines is 1. The molecule has 3 heterocycles. The predicted octanol–water partition coefficient (Wildman–Crippen LogP) is 1.74. The second-order valence-electron chi connectivity index (χ2n) is 6.63. The lowest BCUT2D eigenvalue weighted by atomic mass is 10.1. The van der Waals surface area contributed by atoms with Crippen molar-refractivity contribution in [2.45, 2.75) is 26.8 Å². The van der Waals surface area contributed by atoms with Crippen LogP contribution in [0.3, 0.4) is 0 Å². The Labute approximate surface area is 148 Å². The lowest BCUT2D eigenvalue weighted by Crippen LogP contribution is -2.49. The largest absolute Gasteiger partial charge is 0.322 e. The Hall–Kier alpha value is -2.25. The number of amides is 1. The average Bonchev–Trinajstić information content (AvgIpc) is 2.94. The van der Waals surface area contributed by atoms with Crippen molar-refractivity contribution >= 4 is 11.6 Å². The fourth-order valence-electron chi connectivity index (χ4n) is 3.26. The first-order chi connectivity index (χ1) is 12.0. The topological polar surface area (TPSA) is 77.2 Å². The SMILES string of the molecule is Cc1n[nH]c(C)c1NC(=O)CN1CCN([C@@H](C)c2cccnc2)CC1. The number of carbonyl (C=O) groups is 1. The van der Waals surface area contributed by atoms with E-state index in [2.05, 4.69) is 43.3 Å². The average molecular weight is 342 g/mol. The van der Waals surface area contributed by atoms with Crippen molar-refractivity contribution in [1.82, 2.24) is 25.0 Å². The van der Waals surface area contributed by atoms with E-state index < -0.39 is 0 Å². The molecule has 1 aliphatic heterocycles. The van der Waals surface area contributed by atoms with Gasteiger partial charge in [-0.15, -0.1) is 0 Å². The number of aromatic nitrogens is 3. The van der Waals surface area contributed by atoms with Gasteiger partial charge in [-0.3, -0.25) is 24.7 Å². The van der Waals surface area contributed by atoms with Crippen molar-refractivity contribution < 1.29 is 4.79 Å². The van der Waals surface area contributed by atoms with Gasteiger partial charge in [-0.05, 0) is 32.4 Å². The van der Waals surface area contributed by atoms with Crippen LogP contribution in [0.1, 0.15) is 29.9 Å². The van der Waals surface area contributed by atoms with Crippen LogP contribution < -0.4 is 5.32 Å². The number of rotatable bonds is 5. The Kier molecular flexibility index (Phi) is 5.45. The van der Waals surface area contributed by atoms with Crippen LogP contribution in [0.25, 0.3) is 0 Å². The van der Waals surface area contributed by atoms with E-state index in [-0.39, 0.29) is 5.91 Å². The highest BCUT2D eigenvalue weighted by molar-refractivity contribution is 5.93. The number of nitrogens with one attached hydrogen (secondary N) is 2. The summed E-state index contributed by atoms with van der Waals surface area (Å²) in [5, 5.41) is 9.97. The minimum Gasteiger partial charge on any atom is -0.322 e. The van der Waals surface area contributed by atoms with Crippen LogP contribution >= 0.6 is 0 Å². The van der Waals surface area contributed by atoms with Gasteiger partial charge in [0.2, 0.25) is 5.91 Å². The number of hydrogen-bond donors (Lipinski definition) is 2. The molecule has 0 saturated carbocycles. The van der Waals surface area contributed by atoms with E-state index in [1.165, 1.54) is 5.56 Å². The van der Waals surface area contributed by atoms with Gasteiger partial charge in [-0.1, -0.05) is 6.07 Å². The number of aromatic amines is 1. The minimum absolute atomic E-state index is 0.0151. The monoisotopic (exact) mass is 342 g/mol. The van der Waals surface area contributed by atoms with E-state index in [0.29, 0.717) is 12.6 Å². The quantitative estimate of drug-likeness (QED) is 0.865. The molecule has 1 atom stereocenters. The smallest absolute Gasteiger partial charge is 0.238 e. The van der Waals surface area contributed by atoms with Gasteiger partial charge in [-0.2, -0.15) is 5.10 Å². The van der Waals surface area contributed by atoms with Gasteiger partial charge in [0.05, 0.1) is 23.6 Å². The van der Waals surface area contributed by atoms with Crippen LogP contribution in [0.4, 0.5) is 5.69 Å². The molecule has 2 aromatic rings. The molecular weight excluding hydrogens is 316 g/mol. The lowest BCUT2D eigenvalue weighted by molar-refractivity contribution is -0.117. The van der Waals surface area contributed by atoms with Gasteiger partial charge >= 0.3 is 0 Å². The van der Waals surface area contributed by atoms with Crippen LogP contribution in [-0.4, -0.2) is 63.6 Å². The van der Waals surface area contributed by atoms with Crippen molar-refractivity contribution in [3.05, 3.63) is 41.5 Å². The zero-order chi connectivity index (χ0) is 17.8. The Bertz CT molecular complexity index is 686. The molecule has 1 fully saturated rings. The third-order valence-electron chi connectivity index (χ3n) is 4.88. The Morgan fingerprint density at radius 2 is 2.08 bits per heavy atom. The minimum atomic E-state index is 0.0151. The van der Waals surface area contributed by atoms with Crippen LogP contribution in [0.2, 0.25) is 0 Å². The highest BCUT2D eigenvalue weighted by atomic mass is 16.2. The van der Waals surface area contributed by atoms with Crippen molar-refractivity contribution in [3.8, 4) is 0 Å². The molecule has 0 radical (unpaired) electrons. The normalized spacial score (nSPS) is 17.4. The molecule has 1 saturated heterocycles. The zero-order valence-electron chi connectivity index (χ0n) is 15.1. The van der Waals surface area contributed by atoms with Gasteiger partial charge in [0, 0.05) is 44.6 Å². The van der Waals surface area contributed by atoms with E-state index >= 15 is 0 Å². The molecule has 0 aromatic carbocycles. The molecule has 1 aliphatic rings. The second-order valence-corrected chi connectivity index (χ2v) is 6.63. The molecule has 0 aliphatic carbocycles. The second kappa shape index (κ2) is 7.76. The van der Waals surface area contributed by atoms with Crippen LogP contribution in [0.15, 0.2) is 24.5 Å². The molecule has 2 aromatic heterocycles. The first-order valence-corrected chi connectivity index (χ1v) is 8.72. The maximum absolute atomic E-state index is 12.3. The third kappa shape index (κ3) is 4.24. The molecule has 134 valence electrons. The summed E-state index contributed by atoms with van der Waals surface area (Å²) in [7, 11) is 0. The number of pyridine rings is 1. The summed E-state index contributed by atoms with van der Waals surface area (Å²) in [5.74, 6) is 0.0151. The summed E-state index contributed by atoms with van der Waals surface area (Å²) in [6, 6.07) is 4.44. The van der Waals surface area contributed by atoms with Crippen molar-refractivity contribution in [3.63, 3.8) is 0 Å². The summed E-state index contributed by atoms with van der Waals surface area (Å²) < 4.78 is 0. The van der Waals surface area contributed by atoms with Gasteiger partial charge in [-0.25, -0.2) is 0 Å². The first-order valence-electron chi connectivity index (χ1n) is 8.72. The number of hydrogen-bond acceptors (Lipinski definition) is 5. The molecule has 2 N–H and O–H groups in total. The van der Waals surface area contributed by atoms with E-state index in [4.69, 9.17) is 0 Å².